The molecule has 0 aromatic rings. The Balaban J connectivity index is -0.0000000463. The van der Waals surface area contributed by atoms with Crippen LogP contribution in [0.5, 0.6) is 0 Å². The predicted molar refractivity (Wildman–Crippen MR) is 542 cm³/mol. The minimum atomic E-state index is 1.08. The first kappa shape index (κ1) is 153. The molecule has 0 aromatic carbocycles. The van der Waals surface area contributed by atoms with Gasteiger partial charge in [-0.2, -0.15) is 0 Å². The fourth-order valence-corrected chi connectivity index (χ4v) is 5.68. The lowest BCUT2D eigenvalue weighted by molar-refractivity contribution is 0.730. The van der Waals surface area contributed by atoms with Gasteiger partial charge in [0.25, 0.3) is 0 Å². The summed E-state index contributed by atoms with van der Waals surface area (Å²) in [5, 5.41) is 0. The Hall–Kier alpha value is -4.94. The minimum absolute atomic E-state index is 1.08. The number of allylic oxidation sites excluding steroid dienone is 33. The molecule has 0 spiro atoms. The summed E-state index contributed by atoms with van der Waals surface area (Å²) in [4.78, 5) is 0. The number of hydrogen-bond donors (Lipinski definition) is 0. The Labute approximate surface area is 701 Å². The van der Waals surface area contributed by atoms with Crippen LogP contribution < -0.4 is 0 Å². The van der Waals surface area contributed by atoms with Crippen LogP contribution in [0.1, 0.15) is 472 Å². The standard InChI is InChI=1S/7C7H14.5C6H12.3C5H10.3C4H8.C3H6/c7*1-3-5-7-6-4-2;5*1-3-5-6-4-2;3*1-3-5-4-2;3*1-3-4-2;1-3-2/h4*5,7H,3-4,6H2,1-2H3;2*3,5H,4,6-7H2,1-2H3;3H,1,4-7H2,2H3;2*5-6H,3-4H2,1-2H3;2*3,5H,4,6H2,1-2H3;3H,1,4-6H2,2H3;2*3,5H,4H2,1-2H3;3H,1,4-5H2,2H3;2*3-4H,1-2H3;3H,1,4H2,2H3;3H,1H2,2H3/b2*7-5+;2*7-5-;5-3+;5-3-;;6-5+;6-5-;5-3+;5-3-;;5-3+;5-3-;;4-3+;4-3-;;. The van der Waals surface area contributed by atoms with Gasteiger partial charge in [0.1, 0.15) is 0 Å². The molecule has 0 heterocycles. The van der Waals surface area contributed by atoms with Crippen LogP contribution in [0.2, 0.25) is 0 Å². The van der Waals surface area contributed by atoms with E-state index >= 15 is 0 Å². The third-order valence-corrected chi connectivity index (χ3v) is 12.2. The van der Waals surface area contributed by atoms with Crippen LogP contribution >= 0.6 is 0 Å². The molecule has 0 bridgehead atoms. The van der Waals surface area contributed by atoms with E-state index in [2.05, 4.69) is 359 Å². The Morgan fingerprint density at radius 1 is 0.138 bits per heavy atom. The van der Waals surface area contributed by atoms with Gasteiger partial charge >= 0.3 is 0 Å². The number of unbranched alkanes of at least 4 members (excludes halogenated alkanes) is 16. The molecule has 0 aliphatic carbocycles. The average molecular weight is 1530 g/mol. The summed E-state index contributed by atoms with van der Waals surface area (Å²) in [6.07, 6.45) is 117. The SMILES string of the molecule is C/C=C/C.C/C=C/CC.C/C=C/CCC.C/C=C/CCCC.C/C=C\C.C/C=C\CC.C/C=C\CCC.C/C=C\CCCC.C=CC.C=CCC.C=CCCC.C=CCCCC.C=CCCCCC.CC/C=C/CC.CC/C=C/CCC.CC/C=C/CCC.CC/C=C\CC.CC/C=C\CCC.CC/C=C\CCC. The topological polar surface area (TPSA) is 0 Å². The van der Waals surface area contributed by atoms with Gasteiger partial charge in [-0.3, -0.25) is 0 Å². The van der Waals surface area contributed by atoms with Crippen molar-refractivity contribution in [2.24, 2.45) is 0 Å². The molecular weight excluding hydrogens is 1310 g/mol. The summed E-state index contributed by atoms with van der Waals surface area (Å²) in [6, 6.07) is 0. The molecule has 654 valence electrons. The van der Waals surface area contributed by atoms with Crippen molar-refractivity contribution >= 4 is 0 Å². The maximum Gasteiger partial charge on any atom is -0.0351 e. The van der Waals surface area contributed by atoms with E-state index in [9.17, 15) is 0 Å². The molecule has 0 aliphatic rings. The summed E-state index contributed by atoms with van der Waals surface area (Å²) in [5.74, 6) is 0. The Bertz CT molecular complexity index is 1490. The molecule has 0 nitrogen and oxygen atoms in total. The van der Waals surface area contributed by atoms with Crippen LogP contribution in [-0.4, -0.2) is 0 Å². The van der Waals surface area contributed by atoms with E-state index in [1.807, 2.05) is 97.1 Å². The van der Waals surface area contributed by atoms with E-state index in [-0.39, 0.29) is 0 Å². The second kappa shape index (κ2) is 246. The zero-order chi connectivity index (χ0) is 88.2. The fraction of sp³-hybridized carbons (Fsp3) is 0.651. The molecule has 0 unspecified atom stereocenters. The van der Waals surface area contributed by atoms with Gasteiger partial charge < -0.3 is 0 Å². The molecule has 0 radical (unpaired) electrons. The van der Waals surface area contributed by atoms with Crippen LogP contribution in [0, 0.1) is 0 Å². The number of hydrogen-bond acceptors (Lipinski definition) is 0. The van der Waals surface area contributed by atoms with E-state index in [4.69, 9.17) is 0 Å². The Morgan fingerprint density at radius 2 is 0.303 bits per heavy atom. The van der Waals surface area contributed by atoms with E-state index in [1.165, 1.54) is 218 Å². The zero-order valence-corrected chi connectivity index (χ0v) is 82.5. The summed E-state index contributed by atoms with van der Waals surface area (Å²) < 4.78 is 0. The molecule has 0 heteroatoms. The first-order chi connectivity index (χ1) is 52.9. The Kier molecular flexibility index (Phi) is 345. The third kappa shape index (κ3) is 475. The molecule has 0 aromatic heterocycles. The maximum absolute atomic E-state index is 3.63. The third-order valence-electron chi connectivity index (χ3n) is 12.2. The van der Waals surface area contributed by atoms with E-state index in [0.717, 1.165) is 25.7 Å². The van der Waals surface area contributed by atoms with Gasteiger partial charge in [-0.25, -0.2) is 0 Å². The van der Waals surface area contributed by atoms with Crippen molar-refractivity contribution in [3.05, 3.63) is 233 Å². The highest BCUT2D eigenvalue weighted by Gasteiger charge is 1.78. The van der Waals surface area contributed by atoms with Crippen molar-refractivity contribution in [3.8, 4) is 0 Å². The second-order valence-corrected chi connectivity index (χ2v) is 24.1. The van der Waals surface area contributed by atoms with Crippen molar-refractivity contribution < 1.29 is 0 Å². The smallest absolute Gasteiger partial charge is 0.0351 e. The van der Waals surface area contributed by atoms with Crippen molar-refractivity contribution in [2.45, 2.75) is 472 Å². The monoisotopic (exact) mass is 1530 g/mol. The Morgan fingerprint density at radius 3 is 0.413 bits per heavy atom. The van der Waals surface area contributed by atoms with Crippen LogP contribution in [0.15, 0.2) is 233 Å². The van der Waals surface area contributed by atoms with Gasteiger partial charge in [-0.15, -0.1) is 32.9 Å². The van der Waals surface area contributed by atoms with Gasteiger partial charge in [0.05, 0.1) is 0 Å². The van der Waals surface area contributed by atoms with Crippen LogP contribution in [-0.2, 0) is 0 Å². The minimum Gasteiger partial charge on any atom is -0.103 e. The van der Waals surface area contributed by atoms with Gasteiger partial charge in [-0.1, -0.05) is 449 Å². The van der Waals surface area contributed by atoms with E-state index < -0.39 is 0 Å². The van der Waals surface area contributed by atoms with Gasteiger partial charge in [-0.05, 0) is 224 Å². The van der Waals surface area contributed by atoms with Crippen LogP contribution in [0.3, 0.4) is 0 Å². The molecular formula is C109H218. The number of rotatable bonds is 38. The summed E-state index contributed by atoms with van der Waals surface area (Å²) in [5.41, 5.74) is 0. The molecule has 0 aliphatic heterocycles. The summed E-state index contributed by atoms with van der Waals surface area (Å²) in [7, 11) is 0. The van der Waals surface area contributed by atoms with Crippen molar-refractivity contribution in [1.29, 1.82) is 0 Å². The normalized spacial score (nSPS) is 9.66. The van der Waals surface area contributed by atoms with Crippen LogP contribution in [0.4, 0.5) is 0 Å². The molecule has 0 saturated carbocycles. The maximum atomic E-state index is 3.63. The largest absolute Gasteiger partial charge is 0.103 e. The summed E-state index contributed by atoms with van der Waals surface area (Å²) >= 11 is 0. The van der Waals surface area contributed by atoms with Gasteiger partial charge in [0.15, 0.2) is 0 Å². The first-order valence-corrected chi connectivity index (χ1v) is 45.6. The molecule has 109 heavy (non-hydrogen) atoms. The van der Waals surface area contributed by atoms with Crippen molar-refractivity contribution in [1.82, 2.24) is 0 Å². The van der Waals surface area contributed by atoms with Crippen molar-refractivity contribution in [3.63, 3.8) is 0 Å². The zero-order valence-electron chi connectivity index (χ0n) is 82.5. The highest BCUT2D eigenvalue weighted by Crippen LogP contribution is 1.99. The molecule has 0 fully saturated rings. The lowest BCUT2D eigenvalue weighted by Gasteiger charge is -1.87. The van der Waals surface area contributed by atoms with Gasteiger partial charge in [0, 0.05) is 0 Å². The lowest BCUT2D eigenvalue weighted by Crippen LogP contribution is -1.67. The average Bonchev–Trinajstić information content (AvgIpc) is 3.75. The molecule has 0 rings (SSSR count). The molecule has 0 atom stereocenters. The lowest BCUT2D eigenvalue weighted by atomic mass is 10.2. The second-order valence-electron chi connectivity index (χ2n) is 24.1. The highest BCUT2D eigenvalue weighted by molar-refractivity contribution is 4.83. The highest BCUT2D eigenvalue weighted by atomic mass is 13.9. The first-order valence-electron chi connectivity index (χ1n) is 45.6. The van der Waals surface area contributed by atoms with Crippen LogP contribution in [0.25, 0.3) is 0 Å². The molecule has 0 N–H and O–H groups in total. The quantitative estimate of drug-likeness (QED) is 0.0427. The van der Waals surface area contributed by atoms with E-state index in [1.54, 1.807) is 6.08 Å². The molecule has 0 amide bonds. The predicted octanol–water partition coefficient (Wildman–Crippen LogP) is 42.9. The molecule has 0 saturated heterocycles. The van der Waals surface area contributed by atoms with Gasteiger partial charge in [0.2, 0.25) is 0 Å². The summed E-state index contributed by atoms with van der Waals surface area (Å²) in [6.45, 7) is 87.4. The fourth-order valence-electron chi connectivity index (χ4n) is 5.68. The van der Waals surface area contributed by atoms with Crippen molar-refractivity contribution in [2.75, 3.05) is 0 Å². The van der Waals surface area contributed by atoms with E-state index in [0.29, 0.717) is 0 Å².